The van der Waals surface area contributed by atoms with Gasteiger partial charge in [-0.1, -0.05) is 91.0 Å². The second-order valence-corrected chi connectivity index (χ2v) is 6.34. The molecule has 128 valence electrons. The van der Waals surface area contributed by atoms with Crippen molar-refractivity contribution < 1.29 is 4.79 Å². The lowest BCUT2D eigenvalue weighted by Crippen LogP contribution is -2.40. The predicted octanol–water partition coefficient (Wildman–Crippen LogP) is 4.39. The lowest BCUT2D eigenvalue weighted by Gasteiger charge is -2.34. The van der Waals surface area contributed by atoms with E-state index in [0.717, 1.165) is 5.56 Å². The molecule has 0 bridgehead atoms. The van der Waals surface area contributed by atoms with Gasteiger partial charge in [-0.05, 0) is 11.1 Å². The molecule has 3 aromatic carbocycles. The van der Waals surface area contributed by atoms with E-state index in [0.29, 0.717) is 11.3 Å². The Morgan fingerprint density at radius 2 is 1.15 bits per heavy atom. The van der Waals surface area contributed by atoms with Crippen molar-refractivity contribution in [2.45, 2.75) is 12.1 Å². The zero-order valence-electron chi connectivity index (χ0n) is 14.3. The molecule has 0 radical (unpaired) electrons. The molecule has 0 saturated carbocycles. The fraction of sp³-hybridized carbons (Fsp3) is 0.0870. The number of benzene rings is 3. The van der Waals surface area contributed by atoms with Crippen LogP contribution in [0.2, 0.25) is 0 Å². The Balaban J connectivity index is 1.69. The first-order valence-corrected chi connectivity index (χ1v) is 8.75. The smallest absolute Gasteiger partial charge is 0.210 e. The van der Waals surface area contributed by atoms with E-state index >= 15 is 0 Å². The summed E-state index contributed by atoms with van der Waals surface area (Å²) in [5.41, 5.74) is 3.58. The molecule has 0 aliphatic carbocycles. The Morgan fingerprint density at radius 1 is 0.654 bits per heavy atom. The molecule has 1 heterocycles. The fourth-order valence-electron chi connectivity index (χ4n) is 3.32. The van der Waals surface area contributed by atoms with Gasteiger partial charge in [0.2, 0.25) is 5.78 Å². The van der Waals surface area contributed by atoms with Gasteiger partial charge < -0.3 is 10.6 Å². The van der Waals surface area contributed by atoms with E-state index in [-0.39, 0.29) is 17.9 Å². The van der Waals surface area contributed by atoms with Crippen LogP contribution in [0.1, 0.15) is 33.6 Å². The molecule has 2 N–H and O–H groups in total. The fourth-order valence-corrected chi connectivity index (χ4v) is 3.32. The van der Waals surface area contributed by atoms with Crippen molar-refractivity contribution >= 4 is 5.78 Å². The summed E-state index contributed by atoms with van der Waals surface area (Å²) in [4.78, 5) is 12.8. The van der Waals surface area contributed by atoms with E-state index in [1.807, 2.05) is 66.7 Å². The van der Waals surface area contributed by atoms with Crippen molar-refractivity contribution in [2.24, 2.45) is 0 Å². The predicted molar refractivity (Wildman–Crippen MR) is 103 cm³/mol. The Labute approximate surface area is 153 Å². The molecule has 2 unspecified atom stereocenters. The number of carbonyl (C=O) groups excluding carboxylic acids is 1. The van der Waals surface area contributed by atoms with Crippen molar-refractivity contribution in [3.63, 3.8) is 0 Å². The summed E-state index contributed by atoms with van der Waals surface area (Å²) < 4.78 is 0. The highest BCUT2D eigenvalue weighted by Gasteiger charge is 2.30. The minimum Gasteiger partial charge on any atom is -0.380 e. The van der Waals surface area contributed by atoms with Crippen molar-refractivity contribution in [2.75, 3.05) is 0 Å². The van der Waals surface area contributed by atoms with E-state index in [4.69, 9.17) is 0 Å². The highest BCUT2D eigenvalue weighted by atomic mass is 16.1. The average Bonchev–Trinajstić information content (AvgIpc) is 2.75. The van der Waals surface area contributed by atoms with E-state index in [2.05, 4.69) is 34.9 Å². The SMILES string of the molecule is O=C(C1=CNC(c2ccccc2)C(c2ccccc2)N1)c1ccccc1. The monoisotopic (exact) mass is 340 g/mol. The van der Waals surface area contributed by atoms with Gasteiger partial charge in [0.1, 0.15) is 0 Å². The van der Waals surface area contributed by atoms with Crippen LogP contribution < -0.4 is 10.6 Å². The largest absolute Gasteiger partial charge is 0.380 e. The maximum Gasteiger partial charge on any atom is 0.210 e. The standard InChI is InChI=1S/C23H20N2O/c26-23(19-14-8-3-9-15-19)20-16-24-21(17-10-4-1-5-11-17)22(25-20)18-12-6-2-7-13-18/h1-16,21-22,24-25H. The first-order chi connectivity index (χ1) is 12.8. The minimum absolute atomic E-state index is 0.00876. The van der Waals surface area contributed by atoms with Gasteiger partial charge in [-0.3, -0.25) is 4.79 Å². The normalized spacial score (nSPS) is 19.0. The molecule has 3 nitrogen and oxygen atoms in total. The first-order valence-electron chi connectivity index (χ1n) is 8.75. The van der Waals surface area contributed by atoms with Crippen molar-refractivity contribution in [1.29, 1.82) is 0 Å². The van der Waals surface area contributed by atoms with Crippen LogP contribution in [0, 0.1) is 0 Å². The number of ketones is 1. The highest BCUT2D eigenvalue weighted by Crippen LogP contribution is 2.32. The first kappa shape index (κ1) is 16.2. The molecule has 0 saturated heterocycles. The summed E-state index contributed by atoms with van der Waals surface area (Å²) in [5, 5.41) is 6.90. The van der Waals surface area contributed by atoms with E-state index in [1.54, 1.807) is 6.20 Å². The summed E-state index contributed by atoms with van der Waals surface area (Å²) in [6.07, 6.45) is 1.80. The Hall–Kier alpha value is -3.33. The number of carbonyl (C=O) groups is 1. The molecular formula is C23H20N2O. The average molecular weight is 340 g/mol. The van der Waals surface area contributed by atoms with Crippen LogP contribution in [-0.4, -0.2) is 5.78 Å². The highest BCUT2D eigenvalue weighted by molar-refractivity contribution is 6.08. The minimum atomic E-state index is -0.0359. The third-order valence-corrected chi connectivity index (χ3v) is 4.65. The molecule has 0 spiro atoms. The van der Waals surface area contributed by atoms with Gasteiger partial charge >= 0.3 is 0 Å². The second-order valence-electron chi connectivity index (χ2n) is 6.34. The van der Waals surface area contributed by atoms with Crippen molar-refractivity contribution in [3.05, 3.63) is 120 Å². The molecule has 3 heteroatoms. The van der Waals surface area contributed by atoms with Gasteiger partial charge in [-0.15, -0.1) is 0 Å². The van der Waals surface area contributed by atoms with E-state index in [1.165, 1.54) is 5.56 Å². The summed E-state index contributed by atoms with van der Waals surface area (Å²) in [7, 11) is 0. The van der Waals surface area contributed by atoms with Crippen LogP contribution >= 0.6 is 0 Å². The number of hydrogen-bond acceptors (Lipinski definition) is 3. The molecule has 0 aromatic heterocycles. The van der Waals surface area contributed by atoms with Crippen LogP contribution in [-0.2, 0) is 0 Å². The lowest BCUT2D eigenvalue weighted by atomic mass is 9.91. The van der Waals surface area contributed by atoms with Gasteiger partial charge in [-0.25, -0.2) is 0 Å². The van der Waals surface area contributed by atoms with Crippen LogP contribution in [0.3, 0.4) is 0 Å². The Morgan fingerprint density at radius 3 is 1.73 bits per heavy atom. The van der Waals surface area contributed by atoms with Gasteiger partial charge in [0, 0.05) is 11.8 Å². The maximum atomic E-state index is 12.8. The van der Waals surface area contributed by atoms with Crippen LogP contribution in [0.25, 0.3) is 0 Å². The lowest BCUT2D eigenvalue weighted by molar-refractivity contribution is 0.101. The molecule has 26 heavy (non-hydrogen) atoms. The van der Waals surface area contributed by atoms with Gasteiger partial charge in [0.25, 0.3) is 0 Å². The van der Waals surface area contributed by atoms with Crippen molar-refractivity contribution in [1.82, 2.24) is 10.6 Å². The Kier molecular flexibility index (Phi) is 4.52. The van der Waals surface area contributed by atoms with Gasteiger partial charge in [0.15, 0.2) is 0 Å². The zero-order valence-corrected chi connectivity index (χ0v) is 14.3. The molecule has 0 amide bonds. The number of nitrogens with one attached hydrogen (secondary N) is 2. The van der Waals surface area contributed by atoms with Crippen LogP contribution in [0.4, 0.5) is 0 Å². The quantitative estimate of drug-likeness (QED) is 0.692. The van der Waals surface area contributed by atoms with Crippen LogP contribution in [0.5, 0.6) is 0 Å². The summed E-state index contributed by atoms with van der Waals surface area (Å²) in [6, 6.07) is 29.9. The molecule has 1 aliphatic heterocycles. The molecular weight excluding hydrogens is 320 g/mol. The number of Topliss-reactive ketones (excluding diaryl/α,β-unsaturated/α-hetero) is 1. The summed E-state index contributed by atoms with van der Waals surface area (Å²) in [6.45, 7) is 0. The maximum absolute atomic E-state index is 12.8. The van der Waals surface area contributed by atoms with E-state index < -0.39 is 0 Å². The summed E-state index contributed by atoms with van der Waals surface area (Å²) >= 11 is 0. The molecule has 4 rings (SSSR count). The van der Waals surface area contributed by atoms with Crippen molar-refractivity contribution in [3.8, 4) is 0 Å². The number of hydrogen-bond donors (Lipinski definition) is 2. The number of allylic oxidation sites excluding steroid dienone is 1. The molecule has 1 aliphatic rings. The number of rotatable bonds is 4. The third-order valence-electron chi connectivity index (χ3n) is 4.65. The molecule has 0 fully saturated rings. The van der Waals surface area contributed by atoms with Gasteiger partial charge in [0.05, 0.1) is 17.8 Å². The van der Waals surface area contributed by atoms with E-state index in [9.17, 15) is 4.79 Å². The topological polar surface area (TPSA) is 41.1 Å². The molecule has 3 aromatic rings. The summed E-state index contributed by atoms with van der Waals surface area (Å²) in [5.74, 6) is -0.00876. The molecule has 2 atom stereocenters. The third kappa shape index (κ3) is 3.24. The van der Waals surface area contributed by atoms with Gasteiger partial charge in [-0.2, -0.15) is 0 Å². The Bertz CT molecular complexity index is 905. The second kappa shape index (κ2) is 7.28. The zero-order chi connectivity index (χ0) is 17.8. The van der Waals surface area contributed by atoms with Crippen LogP contribution in [0.15, 0.2) is 103 Å².